The van der Waals surface area contributed by atoms with Gasteiger partial charge in [0, 0.05) is 6.61 Å². The summed E-state index contributed by atoms with van der Waals surface area (Å²) in [5.74, 6) is 0.537. The van der Waals surface area contributed by atoms with Crippen molar-refractivity contribution >= 4 is 0 Å². The smallest absolute Gasteiger partial charge is 0.0459 e. The van der Waals surface area contributed by atoms with Crippen LogP contribution in [0.25, 0.3) is 0 Å². The van der Waals surface area contributed by atoms with Gasteiger partial charge in [-0.1, -0.05) is 27.2 Å². The fourth-order valence-electron chi connectivity index (χ4n) is 1.43. The van der Waals surface area contributed by atoms with Crippen molar-refractivity contribution in [2.45, 2.75) is 46.5 Å². The molecule has 1 atom stereocenters. The van der Waals surface area contributed by atoms with Crippen molar-refractivity contribution in [3.8, 4) is 0 Å². The molecular weight excluding hydrogens is 174 g/mol. The van der Waals surface area contributed by atoms with Gasteiger partial charge in [-0.05, 0) is 45.8 Å². The molecule has 0 saturated heterocycles. The van der Waals surface area contributed by atoms with Crippen molar-refractivity contribution in [1.29, 1.82) is 0 Å². The molecule has 0 spiro atoms. The predicted octanol–water partition coefficient (Wildman–Crippen LogP) is 2.76. The summed E-state index contributed by atoms with van der Waals surface area (Å²) >= 11 is 0. The molecule has 0 heterocycles. The Bertz CT molecular complexity index is 94.3. The molecule has 2 nitrogen and oxygen atoms in total. The van der Waals surface area contributed by atoms with Gasteiger partial charge in [-0.25, -0.2) is 0 Å². The maximum atomic E-state index is 9.01. The van der Waals surface area contributed by atoms with Gasteiger partial charge in [0.25, 0.3) is 0 Å². The second-order valence-electron chi connectivity index (χ2n) is 3.78. The van der Waals surface area contributed by atoms with Gasteiger partial charge in [-0.2, -0.15) is 0 Å². The molecule has 0 rings (SSSR count). The molecular formula is C12H29NO. The lowest BCUT2D eigenvalue weighted by atomic mass is 9.99. The minimum atomic E-state index is 0.362. The molecule has 0 radical (unpaired) electrons. The summed E-state index contributed by atoms with van der Waals surface area (Å²) in [5.41, 5.74) is 0. The number of aliphatic hydroxyl groups excluding tert-OH is 1. The molecule has 0 fully saturated rings. The Morgan fingerprint density at radius 2 is 1.71 bits per heavy atom. The summed E-state index contributed by atoms with van der Waals surface area (Å²) in [4.78, 5) is 2.19. The third-order valence-corrected chi connectivity index (χ3v) is 2.17. The normalized spacial score (nSPS) is 12.2. The van der Waals surface area contributed by atoms with Crippen molar-refractivity contribution in [3.05, 3.63) is 0 Å². The van der Waals surface area contributed by atoms with E-state index >= 15 is 0 Å². The van der Waals surface area contributed by atoms with Crippen molar-refractivity contribution in [2.24, 2.45) is 5.92 Å². The van der Waals surface area contributed by atoms with Crippen molar-refractivity contribution in [3.63, 3.8) is 0 Å². The quantitative estimate of drug-likeness (QED) is 0.688. The van der Waals surface area contributed by atoms with Crippen LogP contribution >= 0.6 is 0 Å². The van der Waals surface area contributed by atoms with Gasteiger partial charge < -0.3 is 10.0 Å². The van der Waals surface area contributed by atoms with Gasteiger partial charge in [0.1, 0.15) is 0 Å². The number of rotatable bonds is 7. The van der Waals surface area contributed by atoms with E-state index in [1.807, 2.05) is 13.8 Å². The van der Waals surface area contributed by atoms with Crippen LogP contribution in [0.4, 0.5) is 0 Å². The highest BCUT2D eigenvalue weighted by Gasteiger charge is 2.05. The summed E-state index contributed by atoms with van der Waals surface area (Å²) in [5, 5.41) is 9.01. The Balaban J connectivity index is 0. The SMILES string of the molecule is CC.CCCC(CO)CCCN(C)C. The van der Waals surface area contributed by atoms with Gasteiger partial charge in [0.2, 0.25) is 0 Å². The first-order valence-corrected chi connectivity index (χ1v) is 5.96. The van der Waals surface area contributed by atoms with E-state index < -0.39 is 0 Å². The van der Waals surface area contributed by atoms with Gasteiger partial charge in [0.05, 0.1) is 0 Å². The summed E-state index contributed by atoms with van der Waals surface area (Å²) in [6.07, 6.45) is 4.73. The average Bonchev–Trinajstić information content (AvgIpc) is 2.19. The molecule has 14 heavy (non-hydrogen) atoms. The Hall–Kier alpha value is -0.0800. The van der Waals surface area contributed by atoms with E-state index in [1.165, 1.54) is 25.7 Å². The molecule has 0 aliphatic heterocycles. The fraction of sp³-hybridized carbons (Fsp3) is 1.00. The Kier molecular flexibility index (Phi) is 15.1. The van der Waals surface area contributed by atoms with E-state index in [9.17, 15) is 0 Å². The summed E-state index contributed by atoms with van der Waals surface area (Å²) in [7, 11) is 4.18. The van der Waals surface area contributed by atoms with Crippen LogP contribution < -0.4 is 0 Å². The monoisotopic (exact) mass is 203 g/mol. The van der Waals surface area contributed by atoms with Gasteiger partial charge in [-0.3, -0.25) is 0 Å². The zero-order valence-corrected chi connectivity index (χ0v) is 10.7. The first-order chi connectivity index (χ1) is 6.70. The van der Waals surface area contributed by atoms with E-state index in [4.69, 9.17) is 5.11 Å². The average molecular weight is 203 g/mol. The molecule has 1 unspecified atom stereocenters. The van der Waals surface area contributed by atoms with Crippen LogP contribution in [0.2, 0.25) is 0 Å². The molecule has 2 heteroatoms. The van der Waals surface area contributed by atoms with E-state index in [0.717, 1.165) is 6.54 Å². The second-order valence-corrected chi connectivity index (χ2v) is 3.78. The minimum Gasteiger partial charge on any atom is -0.396 e. The van der Waals surface area contributed by atoms with Crippen LogP contribution in [0.1, 0.15) is 46.5 Å². The molecule has 1 N–H and O–H groups in total. The fourth-order valence-corrected chi connectivity index (χ4v) is 1.43. The molecule has 0 aliphatic carbocycles. The van der Waals surface area contributed by atoms with E-state index in [2.05, 4.69) is 25.9 Å². The van der Waals surface area contributed by atoms with Crippen LogP contribution in [-0.4, -0.2) is 37.3 Å². The topological polar surface area (TPSA) is 23.5 Å². The lowest BCUT2D eigenvalue weighted by Gasteiger charge is -2.14. The third kappa shape index (κ3) is 11.9. The molecule has 0 amide bonds. The molecule has 0 aromatic rings. The number of hydrogen-bond acceptors (Lipinski definition) is 2. The van der Waals surface area contributed by atoms with Crippen LogP contribution in [0, 0.1) is 5.92 Å². The van der Waals surface area contributed by atoms with E-state index in [1.54, 1.807) is 0 Å². The number of hydrogen-bond donors (Lipinski definition) is 1. The second kappa shape index (κ2) is 12.9. The maximum Gasteiger partial charge on any atom is 0.0459 e. The third-order valence-electron chi connectivity index (χ3n) is 2.17. The van der Waals surface area contributed by atoms with Gasteiger partial charge >= 0.3 is 0 Å². The van der Waals surface area contributed by atoms with E-state index in [0.29, 0.717) is 12.5 Å². The van der Waals surface area contributed by atoms with Crippen LogP contribution in [0.5, 0.6) is 0 Å². The highest BCUT2D eigenvalue weighted by Crippen LogP contribution is 2.12. The lowest BCUT2D eigenvalue weighted by molar-refractivity contribution is 0.203. The summed E-state index contributed by atoms with van der Waals surface area (Å²) < 4.78 is 0. The highest BCUT2D eigenvalue weighted by molar-refractivity contribution is 4.58. The largest absolute Gasteiger partial charge is 0.396 e. The number of nitrogens with zero attached hydrogens (tertiary/aromatic N) is 1. The van der Waals surface area contributed by atoms with Crippen LogP contribution in [0.15, 0.2) is 0 Å². The molecule has 0 aliphatic rings. The van der Waals surface area contributed by atoms with E-state index in [-0.39, 0.29) is 0 Å². The standard InChI is InChI=1S/C10H23NO.C2H6/c1-4-6-10(9-12)7-5-8-11(2)3;1-2/h10,12H,4-9H2,1-3H3;1-2H3. The maximum absolute atomic E-state index is 9.01. The number of aliphatic hydroxyl groups is 1. The van der Waals surface area contributed by atoms with Crippen molar-refractivity contribution in [2.75, 3.05) is 27.2 Å². The molecule has 0 aromatic heterocycles. The first-order valence-electron chi connectivity index (χ1n) is 5.96. The Labute approximate surface area is 90.3 Å². The van der Waals surface area contributed by atoms with Crippen LogP contribution in [-0.2, 0) is 0 Å². The highest BCUT2D eigenvalue weighted by atomic mass is 16.3. The molecule has 0 bridgehead atoms. The minimum absolute atomic E-state index is 0.362. The lowest BCUT2D eigenvalue weighted by Crippen LogP contribution is -2.15. The van der Waals surface area contributed by atoms with Gasteiger partial charge in [0.15, 0.2) is 0 Å². The van der Waals surface area contributed by atoms with Gasteiger partial charge in [-0.15, -0.1) is 0 Å². The molecule has 0 aromatic carbocycles. The van der Waals surface area contributed by atoms with Crippen LogP contribution in [0.3, 0.4) is 0 Å². The zero-order chi connectivity index (χ0) is 11.4. The Morgan fingerprint density at radius 3 is 2.07 bits per heavy atom. The van der Waals surface area contributed by atoms with Crippen molar-refractivity contribution in [1.82, 2.24) is 4.90 Å². The summed E-state index contributed by atoms with van der Waals surface area (Å²) in [6.45, 7) is 7.68. The molecule has 0 saturated carbocycles. The Morgan fingerprint density at radius 1 is 1.14 bits per heavy atom. The van der Waals surface area contributed by atoms with Crippen molar-refractivity contribution < 1.29 is 5.11 Å². The summed E-state index contributed by atoms with van der Waals surface area (Å²) in [6, 6.07) is 0. The molecule has 88 valence electrons. The predicted molar refractivity (Wildman–Crippen MR) is 64.6 cm³/mol. The first kappa shape index (κ1) is 16.4. The zero-order valence-electron chi connectivity index (χ0n) is 10.7.